The SMILES string of the molecule is COC(CN)C(=O)N1c2ccccc2CC1C.Cl. The van der Waals surface area contributed by atoms with Gasteiger partial charge in [0.2, 0.25) is 0 Å². The molecule has 0 saturated carbocycles. The van der Waals surface area contributed by atoms with Gasteiger partial charge < -0.3 is 15.4 Å². The summed E-state index contributed by atoms with van der Waals surface area (Å²) in [6.07, 6.45) is 0.340. The van der Waals surface area contributed by atoms with Crippen molar-refractivity contribution in [3.8, 4) is 0 Å². The first-order valence-corrected chi connectivity index (χ1v) is 5.83. The Morgan fingerprint density at radius 3 is 2.83 bits per heavy atom. The summed E-state index contributed by atoms with van der Waals surface area (Å²) in [4.78, 5) is 14.1. The number of anilines is 1. The van der Waals surface area contributed by atoms with Crippen LogP contribution in [0.1, 0.15) is 12.5 Å². The topological polar surface area (TPSA) is 55.6 Å². The van der Waals surface area contributed by atoms with E-state index in [1.165, 1.54) is 12.7 Å². The fraction of sp³-hybridized carbons (Fsp3) is 0.462. The highest BCUT2D eigenvalue weighted by molar-refractivity contribution is 5.99. The molecule has 0 saturated heterocycles. The van der Waals surface area contributed by atoms with Gasteiger partial charge in [0.1, 0.15) is 6.10 Å². The molecule has 0 aliphatic carbocycles. The number of benzene rings is 1. The Hall–Kier alpha value is -1.10. The van der Waals surface area contributed by atoms with Gasteiger partial charge in [0.05, 0.1) is 0 Å². The van der Waals surface area contributed by atoms with Crippen molar-refractivity contribution in [2.24, 2.45) is 5.73 Å². The van der Waals surface area contributed by atoms with Crippen molar-refractivity contribution in [3.05, 3.63) is 29.8 Å². The molecule has 1 amide bonds. The standard InChI is InChI=1S/C13H18N2O2.ClH/c1-9-7-10-5-3-4-6-11(10)15(9)13(16)12(8-14)17-2;/h3-6,9,12H,7-8,14H2,1-2H3;1H. The van der Waals surface area contributed by atoms with E-state index in [-0.39, 0.29) is 30.9 Å². The van der Waals surface area contributed by atoms with Crippen LogP contribution in [0.5, 0.6) is 0 Å². The molecular weight excluding hydrogens is 252 g/mol. The summed E-state index contributed by atoms with van der Waals surface area (Å²) in [6, 6.07) is 8.14. The monoisotopic (exact) mass is 270 g/mol. The second-order valence-corrected chi connectivity index (χ2v) is 4.35. The first-order chi connectivity index (χ1) is 8.19. The van der Waals surface area contributed by atoms with Crippen LogP contribution in [0, 0.1) is 0 Å². The van der Waals surface area contributed by atoms with Crippen molar-refractivity contribution >= 4 is 24.0 Å². The Balaban J connectivity index is 0.00000162. The van der Waals surface area contributed by atoms with Gasteiger partial charge in [-0.2, -0.15) is 0 Å². The van der Waals surface area contributed by atoms with Gasteiger partial charge in [-0.3, -0.25) is 4.79 Å². The zero-order valence-corrected chi connectivity index (χ0v) is 11.4. The zero-order chi connectivity index (χ0) is 12.4. The molecule has 4 nitrogen and oxygen atoms in total. The number of amides is 1. The highest BCUT2D eigenvalue weighted by atomic mass is 35.5. The van der Waals surface area contributed by atoms with Crippen molar-refractivity contribution in [1.29, 1.82) is 0 Å². The third-order valence-corrected chi connectivity index (χ3v) is 3.22. The number of methoxy groups -OCH3 is 1. The predicted molar refractivity (Wildman–Crippen MR) is 74.2 cm³/mol. The van der Waals surface area contributed by atoms with Crippen LogP contribution in [0.3, 0.4) is 0 Å². The molecule has 0 fully saturated rings. The summed E-state index contributed by atoms with van der Waals surface area (Å²) in [6.45, 7) is 2.25. The summed E-state index contributed by atoms with van der Waals surface area (Å²) in [5.41, 5.74) is 7.74. The van der Waals surface area contributed by atoms with E-state index in [1.807, 2.05) is 25.1 Å². The Kier molecular flexibility index (Phi) is 5.14. The smallest absolute Gasteiger partial charge is 0.257 e. The van der Waals surface area contributed by atoms with Crippen LogP contribution in [0.15, 0.2) is 24.3 Å². The number of halogens is 1. The molecule has 2 N–H and O–H groups in total. The van der Waals surface area contributed by atoms with E-state index in [4.69, 9.17) is 10.5 Å². The first kappa shape index (κ1) is 15.0. The number of fused-ring (bicyclic) bond motifs is 1. The quantitative estimate of drug-likeness (QED) is 0.902. The lowest BCUT2D eigenvalue weighted by Gasteiger charge is -2.26. The number of nitrogens with two attached hydrogens (primary N) is 1. The second-order valence-electron chi connectivity index (χ2n) is 4.35. The van der Waals surface area contributed by atoms with Crippen LogP contribution in [-0.2, 0) is 16.0 Å². The van der Waals surface area contributed by atoms with Crippen LogP contribution in [0.25, 0.3) is 0 Å². The molecule has 0 radical (unpaired) electrons. The number of hydrogen-bond donors (Lipinski definition) is 1. The minimum absolute atomic E-state index is 0. The van der Waals surface area contributed by atoms with Crippen LogP contribution in [0.4, 0.5) is 5.69 Å². The number of carbonyl (C=O) groups is 1. The fourth-order valence-electron chi connectivity index (χ4n) is 2.35. The lowest BCUT2D eigenvalue weighted by Crippen LogP contribution is -2.46. The van der Waals surface area contributed by atoms with E-state index < -0.39 is 6.10 Å². The van der Waals surface area contributed by atoms with Crippen molar-refractivity contribution in [2.45, 2.75) is 25.5 Å². The van der Waals surface area contributed by atoms with Crippen LogP contribution < -0.4 is 10.6 Å². The van der Waals surface area contributed by atoms with Gasteiger partial charge in [-0.05, 0) is 25.0 Å². The maximum Gasteiger partial charge on any atom is 0.257 e. The Labute approximate surface area is 114 Å². The molecule has 1 aliphatic heterocycles. The van der Waals surface area contributed by atoms with Crippen LogP contribution in [0.2, 0.25) is 0 Å². The predicted octanol–water partition coefficient (Wildman–Crippen LogP) is 1.36. The third-order valence-electron chi connectivity index (χ3n) is 3.22. The molecule has 100 valence electrons. The molecule has 1 heterocycles. The molecule has 2 unspecified atom stereocenters. The summed E-state index contributed by atoms with van der Waals surface area (Å²) in [5.74, 6) is -0.0487. The summed E-state index contributed by atoms with van der Waals surface area (Å²) in [5, 5.41) is 0. The van der Waals surface area contributed by atoms with Crippen molar-refractivity contribution in [3.63, 3.8) is 0 Å². The van der Waals surface area contributed by atoms with Gasteiger partial charge in [0.25, 0.3) is 5.91 Å². The molecule has 0 bridgehead atoms. The van der Waals surface area contributed by atoms with E-state index in [2.05, 4.69) is 6.07 Å². The van der Waals surface area contributed by atoms with Crippen LogP contribution >= 0.6 is 12.4 Å². The van der Waals surface area contributed by atoms with Crippen LogP contribution in [-0.4, -0.2) is 31.7 Å². The zero-order valence-electron chi connectivity index (χ0n) is 10.6. The second kappa shape index (κ2) is 6.18. The molecule has 0 aromatic heterocycles. The average Bonchev–Trinajstić information content (AvgIpc) is 2.66. The highest BCUT2D eigenvalue weighted by Crippen LogP contribution is 2.32. The fourth-order valence-corrected chi connectivity index (χ4v) is 2.35. The third kappa shape index (κ3) is 2.51. The summed E-state index contributed by atoms with van der Waals surface area (Å²) in [7, 11) is 1.52. The van der Waals surface area contributed by atoms with Gasteiger partial charge in [0.15, 0.2) is 0 Å². The number of rotatable bonds is 3. The lowest BCUT2D eigenvalue weighted by molar-refractivity contribution is -0.128. The minimum atomic E-state index is -0.552. The molecule has 18 heavy (non-hydrogen) atoms. The first-order valence-electron chi connectivity index (χ1n) is 5.83. The number of ether oxygens (including phenoxy) is 1. The Morgan fingerprint density at radius 1 is 1.56 bits per heavy atom. The van der Waals surface area contributed by atoms with E-state index in [1.54, 1.807) is 4.90 Å². The van der Waals surface area contributed by atoms with E-state index in [9.17, 15) is 4.79 Å². The van der Waals surface area contributed by atoms with Crippen molar-refractivity contribution in [1.82, 2.24) is 0 Å². The number of carbonyl (C=O) groups excluding carboxylic acids is 1. The lowest BCUT2D eigenvalue weighted by atomic mass is 10.1. The molecule has 1 aliphatic rings. The molecule has 5 heteroatoms. The van der Waals surface area contributed by atoms with Gasteiger partial charge in [-0.15, -0.1) is 12.4 Å². The number of hydrogen-bond acceptors (Lipinski definition) is 3. The molecule has 0 spiro atoms. The van der Waals surface area contributed by atoms with E-state index in [0.29, 0.717) is 0 Å². The summed E-state index contributed by atoms with van der Waals surface area (Å²) < 4.78 is 5.12. The summed E-state index contributed by atoms with van der Waals surface area (Å²) >= 11 is 0. The highest BCUT2D eigenvalue weighted by Gasteiger charge is 2.33. The minimum Gasteiger partial charge on any atom is -0.370 e. The van der Waals surface area contributed by atoms with Gasteiger partial charge in [-0.1, -0.05) is 18.2 Å². The van der Waals surface area contributed by atoms with Gasteiger partial charge >= 0.3 is 0 Å². The maximum atomic E-state index is 12.3. The van der Waals surface area contributed by atoms with E-state index >= 15 is 0 Å². The van der Waals surface area contributed by atoms with Gasteiger partial charge in [-0.25, -0.2) is 0 Å². The van der Waals surface area contributed by atoms with E-state index in [0.717, 1.165) is 12.1 Å². The normalized spacial score (nSPS) is 19.1. The average molecular weight is 271 g/mol. The molecular formula is C13H19ClN2O2. The van der Waals surface area contributed by atoms with Gasteiger partial charge in [0, 0.05) is 25.4 Å². The molecule has 2 atom stereocenters. The molecule has 2 rings (SSSR count). The number of nitrogens with zero attached hydrogens (tertiary/aromatic N) is 1. The molecule has 1 aromatic carbocycles. The Morgan fingerprint density at radius 2 is 2.22 bits per heavy atom. The van der Waals surface area contributed by atoms with Crippen molar-refractivity contribution in [2.75, 3.05) is 18.6 Å². The Bertz CT molecular complexity index is 421. The van der Waals surface area contributed by atoms with Crippen molar-refractivity contribution < 1.29 is 9.53 Å². The molecule has 1 aromatic rings. The maximum absolute atomic E-state index is 12.3. The number of para-hydroxylation sites is 1. The largest absolute Gasteiger partial charge is 0.370 e.